The van der Waals surface area contributed by atoms with Crippen LogP contribution >= 0.6 is 11.3 Å². The summed E-state index contributed by atoms with van der Waals surface area (Å²) >= 11 is 1.72. The van der Waals surface area contributed by atoms with Crippen molar-refractivity contribution >= 4 is 11.3 Å². The van der Waals surface area contributed by atoms with Gasteiger partial charge in [0, 0.05) is 10.3 Å². The maximum Gasteiger partial charge on any atom is 0.0797 e. The Kier molecular flexibility index (Phi) is 1.82. The van der Waals surface area contributed by atoms with E-state index in [1.807, 2.05) is 5.51 Å². The summed E-state index contributed by atoms with van der Waals surface area (Å²) in [5.74, 6) is 0. The Balaban J connectivity index is 3.05. The van der Waals surface area contributed by atoms with Gasteiger partial charge in [-0.25, -0.2) is 4.98 Å². The van der Waals surface area contributed by atoms with Gasteiger partial charge >= 0.3 is 0 Å². The molecular formula is C8H13NS. The van der Waals surface area contributed by atoms with E-state index in [0.717, 1.165) is 0 Å². The molecule has 1 rings (SSSR count). The Bertz CT molecular complexity index is 219. The molecule has 1 nitrogen and oxygen atoms in total. The van der Waals surface area contributed by atoms with Gasteiger partial charge in [0.1, 0.15) is 0 Å². The molecule has 0 amide bonds. The van der Waals surface area contributed by atoms with Crippen LogP contribution in [0.25, 0.3) is 0 Å². The molecule has 0 saturated carbocycles. The summed E-state index contributed by atoms with van der Waals surface area (Å²) in [6.07, 6.45) is 0. The second-order valence-corrected chi connectivity index (χ2v) is 4.57. The summed E-state index contributed by atoms with van der Waals surface area (Å²) in [7, 11) is 0. The van der Waals surface area contributed by atoms with Crippen LogP contribution in [0.4, 0.5) is 0 Å². The first-order chi connectivity index (χ1) is 4.52. The molecule has 2 heteroatoms. The van der Waals surface area contributed by atoms with E-state index in [2.05, 4.69) is 32.7 Å². The van der Waals surface area contributed by atoms with Crippen LogP contribution in [0, 0.1) is 6.92 Å². The molecule has 56 valence electrons. The van der Waals surface area contributed by atoms with Gasteiger partial charge in [0.15, 0.2) is 0 Å². The largest absolute Gasteiger partial charge is 0.249 e. The van der Waals surface area contributed by atoms with Crippen LogP contribution in [-0.4, -0.2) is 4.98 Å². The van der Waals surface area contributed by atoms with E-state index in [-0.39, 0.29) is 5.41 Å². The second-order valence-electron chi connectivity index (χ2n) is 3.51. The van der Waals surface area contributed by atoms with Gasteiger partial charge in [-0.2, -0.15) is 0 Å². The van der Waals surface area contributed by atoms with E-state index >= 15 is 0 Å². The zero-order valence-electron chi connectivity index (χ0n) is 6.93. The van der Waals surface area contributed by atoms with Gasteiger partial charge in [0.25, 0.3) is 0 Å². The predicted molar refractivity (Wildman–Crippen MR) is 45.6 cm³/mol. The molecule has 0 saturated heterocycles. The lowest BCUT2D eigenvalue weighted by atomic mass is 9.92. The lowest BCUT2D eigenvalue weighted by Crippen LogP contribution is -2.12. The molecule has 0 aliphatic heterocycles. The number of hydrogen-bond donors (Lipinski definition) is 0. The van der Waals surface area contributed by atoms with Gasteiger partial charge in [-0.3, -0.25) is 0 Å². The molecule has 0 aliphatic carbocycles. The van der Waals surface area contributed by atoms with Crippen LogP contribution < -0.4 is 0 Å². The fourth-order valence-corrected chi connectivity index (χ4v) is 1.81. The highest BCUT2D eigenvalue weighted by molar-refractivity contribution is 7.09. The van der Waals surface area contributed by atoms with Crippen LogP contribution in [0.2, 0.25) is 0 Å². The zero-order valence-corrected chi connectivity index (χ0v) is 7.75. The number of rotatable bonds is 0. The van der Waals surface area contributed by atoms with Crippen molar-refractivity contribution in [1.29, 1.82) is 0 Å². The quantitative estimate of drug-likeness (QED) is 0.561. The highest BCUT2D eigenvalue weighted by Crippen LogP contribution is 2.25. The van der Waals surface area contributed by atoms with E-state index in [0.29, 0.717) is 0 Å². The Morgan fingerprint density at radius 3 is 2.20 bits per heavy atom. The number of hydrogen-bond acceptors (Lipinski definition) is 2. The minimum atomic E-state index is 0.212. The molecule has 10 heavy (non-hydrogen) atoms. The Morgan fingerprint density at radius 2 is 2.00 bits per heavy atom. The van der Waals surface area contributed by atoms with Crippen molar-refractivity contribution in [2.75, 3.05) is 0 Å². The molecule has 1 aromatic rings. The SMILES string of the molecule is Cc1scnc1C(C)(C)C. The summed E-state index contributed by atoms with van der Waals surface area (Å²) < 4.78 is 0. The fraction of sp³-hybridized carbons (Fsp3) is 0.625. The smallest absolute Gasteiger partial charge is 0.0797 e. The maximum atomic E-state index is 4.31. The zero-order chi connectivity index (χ0) is 7.78. The molecule has 0 bridgehead atoms. The standard InChI is InChI=1S/C8H13NS/c1-6-7(8(2,3)4)9-5-10-6/h5H,1-4H3. The third-order valence-electron chi connectivity index (χ3n) is 1.46. The molecule has 0 unspecified atom stereocenters. The third kappa shape index (κ3) is 1.37. The highest BCUT2D eigenvalue weighted by atomic mass is 32.1. The topological polar surface area (TPSA) is 12.9 Å². The summed E-state index contributed by atoms with van der Waals surface area (Å²) in [6, 6.07) is 0. The number of aromatic nitrogens is 1. The van der Waals surface area contributed by atoms with Gasteiger partial charge in [-0.05, 0) is 6.92 Å². The van der Waals surface area contributed by atoms with E-state index in [1.54, 1.807) is 11.3 Å². The molecule has 0 N–H and O–H groups in total. The van der Waals surface area contributed by atoms with Crippen molar-refractivity contribution in [3.8, 4) is 0 Å². The van der Waals surface area contributed by atoms with E-state index in [9.17, 15) is 0 Å². The van der Waals surface area contributed by atoms with Crippen LogP contribution in [0.5, 0.6) is 0 Å². The minimum Gasteiger partial charge on any atom is -0.249 e. The van der Waals surface area contributed by atoms with Crippen molar-refractivity contribution in [2.24, 2.45) is 0 Å². The van der Waals surface area contributed by atoms with Gasteiger partial charge < -0.3 is 0 Å². The first kappa shape index (κ1) is 7.73. The predicted octanol–water partition coefficient (Wildman–Crippen LogP) is 2.75. The average Bonchev–Trinajstić information content (AvgIpc) is 2.11. The van der Waals surface area contributed by atoms with Crippen molar-refractivity contribution < 1.29 is 0 Å². The molecule has 0 spiro atoms. The van der Waals surface area contributed by atoms with Crippen LogP contribution in [0.3, 0.4) is 0 Å². The van der Waals surface area contributed by atoms with Gasteiger partial charge in [-0.15, -0.1) is 11.3 Å². The van der Waals surface area contributed by atoms with Crippen molar-refractivity contribution in [2.45, 2.75) is 33.1 Å². The Hall–Kier alpha value is -0.370. The van der Waals surface area contributed by atoms with Crippen LogP contribution in [-0.2, 0) is 5.41 Å². The molecule has 0 radical (unpaired) electrons. The van der Waals surface area contributed by atoms with Crippen LogP contribution in [0.15, 0.2) is 5.51 Å². The van der Waals surface area contributed by atoms with Gasteiger partial charge in [0.05, 0.1) is 11.2 Å². The molecule has 0 fully saturated rings. The van der Waals surface area contributed by atoms with E-state index in [1.165, 1.54) is 10.6 Å². The Labute approximate surface area is 66.1 Å². The summed E-state index contributed by atoms with van der Waals surface area (Å²) in [6.45, 7) is 8.69. The van der Waals surface area contributed by atoms with Crippen molar-refractivity contribution in [3.05, 3.63) is 16.1 Å². The number of aryl methyl sites for hydroxylation is 1. The summed E-state index contributed by atoms with van der Waals surface area (Å²) in [5, 5.41) is 0. The third-order valence-corrected chi connectivity index (χ3v) is 2.21. The first-order valence-corrected chi connectivity index (χ1v) is 4.30. The molecule has 0 atom stereocenters. The molecular weight excluding hydrogens is 142 g/mol. The fourth-order valence-electron chi connectivity index (χ4n) is 1.03. The van der Waals surface area contributed by atoms with Crippen LogP contribution in [0.1, 0.15) is 31.3 Å². The number of thiazole rings is 1. The lowest BCUT2D eigenvalue weighted by molar-refractivity contribution is 0.569. The van der Waals surface area contributed by atoms with Crippen molar-refractivity contribution in [1.82, 2.24) is 4.98 Å². The first-order valence-electron chi connectivity index (χ1n) is 3.42. The Morgan fingerprint density at radius 1 is 1.40 bits per heavy atom. The van der Waals surface area contributed by atoms with Gasteiger partial charge in [-0.1, -0.05) is 20.8 Å². The summed E-state index contributed by atoms with van der Waals surface area (Å²) in [5.41, 5.74) is 3.36. The summed E-state index contributed by atoms with van der Waals surface area (Å²) in [4.78, 5) is 5.65. The van der Waals surface area contributed by atoms with Gasteiger partial charge in [0.2, 0.25) is 0 Å². The van der Waals surface area contributed by atoms with Crippen molar-refractivity contribution in [3.63, 3.8) is 0 Å². The average molecular weight is 155 g/mol. The van der Waals surface area contributed by atoms with E-state index < -0.39 is 0 Å². The highest BCUT2D eigenvalue weighted by Gasteiger charge is 2.18. The molecule has 0 aliphatic rings. The maximum absolute atomic E-state index is 4.31. The molecule has 1 heterocycles. The second kappa shape index (κ2) is 2.35. The monoisotopic (exact) mass is 155 g/mol. The molecule has 0 aromatic carbocycles. The molecule has 1 aromatic heterocycles. The lowest BCUT2D eigenvalue weighted by Gasteiger charge is -2.15. The number of nitrogens with zero attached hydrogens (tertiary/aromatic N) is 1. The van der Waals surface area contributed by atoms with E-state index in [4.69, 9.17) is 0 Å². The minimum absolute atomic E-state index is 0.212. The normalized spacial score (nSPS) is 12.0.